The molecule has 0 bridgehead atoms. The van der Waals surface area contributed by atoms with Crippen LogP contribution in [0.5, 0.6) is 0 Å². The average Bonchev–Trinajstić information content (AvgIpc) is 2.82. The van der Waals surface area contributed by atoms with Gasteiger partial charge in [-0.05, 0) is 20.8 Å². The van der Waals surface area contributed by atoms with Gasteiger partial charge in [0.1, 0.15) is 12.2 Å². The molecule has 2 aliphatic heterocycles. The van der Waals surface area contributed by atoms with Crippen LogP contribution in [0.15, 0.2) is 12.7 Å². The first kappa shape index (κ1) is 18.1. The second-order valence-corrected chi connectivity index (χ2v) is 7.34. The molecule has 8 heteroatoms. The van der Waals surface area contributed by atoms with Gasteiger partial charge < -0.3 is 24.4 Å². The zero-order chi connectivity index (χ0) is 18.1. The summed E-state index contributed by atoms with van der Waals surface area (Å²) in [5, 5.41) is 9.47. The fourth-order valence-electron chi connectivity index (χ4n) is 3.16. The molecule has 2 heterocycles. The molecule has 134 valence electrons. The van der Waals surface area contributed by atoms with Crippen molar-refractivity contribution in [1.29, 1.82) is 0 Å². The Morgan fingerprint density at radius 2 is 1.79 bits per heavy atom. The second kappa shape index (κ2) is 6.33. The molecule has 2 amide bonds. The van der Waals surface area contributed by atoms with E-state index in [1.807, 2.05) is 0 Å². The van der Waals surface area contributed by atoms with E-state index in [1.165, 1.54) is 15.9 Å². The summed E-state index contributed by atoms with van der Waals surface area (Å²) in [6, 6.07) is 0. The van der Waals surface area contributed by atoms with E-state index in [-0.39, 0.29) is 32.8 Å². The van der Waals surface area contributed by atoms with Crippen LogP contribution in [-0.2, 0) is 14.3 Å². The van der Waals surface area contributed by atoms with E-state index in [2.05, 4.69) is 6.58 Å². The third-order valence-corrected chi connectivity index (χ3v) is 4.19. The minimum absolute atomic E-state index is 0.0735. The summed E-state index contributed by atoms with van der Waals surface area (Å²) in [5.41, 5.74) is -1.25. The lowest BCUT2D eigenvalue weighted by atomic mass is 9.72. The molecule has 0 aromatic rings. The fourth-order valence-corrected chi connectivity index (χ4v) is 3.16. The van der Waals surface area contributed by atoms with Crippen LogP contribution in [0.25, 0.3) is 0 Å². The number of aliphatic carboxylic acids is 1. The quantitative estimate of drug-likeness (QED) is 0.783. The van der Waals surface area contributed by atoms with Crippen LogP contribution in [0.1, 0.15) is 20.8 Å². The number of ether oxygens (including phenoxy) is 2. The summed E-state index contributed by atoms with van der Waals surface area (Å²) in [6.45, 7) is 9.69. The van der Waals surface area contributed by atoms with E-state index < -0.39 is 35.1 Å². The molecular weight excluding hydrogens is 316 g/mol. The minimum Gasteiger partial charge on any atom is -0.481 e. The Morgan fingerprint density at radius 3 is 2.29 bits per heavy atom. The van der Waals surface area contributed by atoms with E-state index in [0.29, 0.717) is 0 Å². The van der Waals surface area contributed by atoms with Crippen LogP contribution in [0, 0.1) is 11.3 Å². The fraction of sp³-hybridized carbons (Fsp3) is 0.688. The van der Waals surface area contributed by atoms with Crippen molar-refractivity contribution in [2.75, 3.05) is 32.8 Å². The molecule has 2 fully saturated rings. The van der Waals surface area contributed by atoms with Gasteiger partial charge in [-0.25, -0.2) is 9.59 Å². The van der Waals surface area contributed by atoms with Crippen molar-refractivity contribution in [3.05, 3.63) is 12.7 Å². The Labute approximate surface area is 141 Å². The highest BCUT2D eigenvalue weighted by Crippen LogP contribution is 2.44. The number of carboxylic acids is 1. The van der Waals surface area contributed by atoms with Crippen LogP contribution in [-0.4, -0.2) is 71.4 Å². The standard InChI is InChI=1S/C16H24N2O6/c1-5-6-23-13(21)17-7-11(12(19)20)16(8-17)9-18(10-16)14(22)24-15(2,3)4/h5,11H,1,6-10H2,2-4H3,(H,19,20). The number of nitrogens with zero attached hydrogens (tertiary/aromatic N) is 2. The van der Waals surface area contributed by atoms with E-state index in [0.717, 1.165) is 0 Å². The van der Waals surface area contributed by atoms with Gasteiger partial charge >= 0.3 is 18.2 Å². The molecule has 8 nitrogen and oxygen atoms in total. The molecule has 2 saturated heterocycles. The monoisotopic (exact) mass is 340 g/mol. The Morgan fingerprint density at radius 1 is 1.21 bits per heavy atom. The maximum absolute atomic E-state index is 12.1. The van der Waals surface area contributed by atoms with E-state index in [9.17, 15) is 19.5 Å². The molecule has 0 aromatic heterocycles. The van der Waals surface area contributed by atoms with Gasteiger partial charge in [-0.2, -0.15) is 0 Å². The molecule has 24 heavy (non-hydrogen) atoms. The second-order valence-electron chi connectivity index (χ2n) is 7.34. The Bertz CT molecular complexity index is 547. The molecule has 1 atom stereocenters. The van der Waals surface area contributed by atoms with Crippen LogP contribution in [0.3, 0.4) is 0 Å². The average molecular weight is 340 g/mol. The van der Waals surface area contributed by atoms with Gasteiger partial charge in [0.2, 0.25) is 0 Å². The molecule has 0 radical (unpaired) electrons. The van der Waals surface area contributed by atoms with E-state index >= 15 is 0 Å². The summed E-state index contributed by atoms with van der Waals surface area (Å²) in [4.78, 5) is 38.4. The Balaban J connectivity index is 2.01. The molecule has 1 N–H and O–H groups in total. The summed E-state index contributed by atoms with van der Waals surface area (Å²) < 4.78 is 10.3. The smallest absolute Gasteiger partial charge is 0.410 e. The normalized spacial score (nSPS) is 22.0. The summed E-state index contributed by atoms with van der Waals surface area (Å²) in [6.07, 6.45) is 0.421. The number of carboxylic acid groups (broad SMARTS) is 1. The number of carbonyl (C=O) groups is 3. The molecule has 1 spiro atoms. The zero-order valence-corrected chi connectivity index (χ0v) is 14.3. The van der Waals surface area contributed by atoms with Crippen molar-refractivity contribution in [3.63, 3.8) is 0 Å². The highest BCUT2D eigenvalue weighted by Gasteiger charge is 2.59. The number of amides is 2. The van der Waals surface area contributed by atoms with Gasteiger partial charge in [-0.1, -0.05) is 12.7 Å². The number of hydrogen-bond acceptors (Lipinski definition) is 5. The topological polar surface area (TPSA) is 96.4 Å². The van der Waals surface area contributed by atoms with Gasteiger partial charge in [0, 0.05) is 31.6 Å². The number of carbonyl (C=O) groups excluding carboxylic acids is 2. The summed E-state index contributed by atoms with van der Waals surface area (Å²) >= 11 is 0. The summed E-state index contributed by atoms with van der Waals surface area (Å²) in [5.74, 6) is -1.70. The molecule has 2 aliphatic rings. The molecule has 0 aliphatic carbocycles. The van der Waals surface area contributed by atoms with Gasteiger partial charge in [-0.3, -0.25) is 4.79 Å². The first-order valence-corrected chi connectivity index (χ1v) is 7.81. The third kappa shape index (κ3) is 3.63. The van der Waals surface area contributed by atoms with Crippen molar-refractivity contribution in [3.8, 4) is 0 Å². The third-order valence-electron chi connectivity index (χ3n) is 4.19. The van der Waals surface area contributed by atoms with Gasteiger partial charge in [0.05, 0.1) is 5.92 Å². The van der Waals surface area contributed by atoms with Crippen molar-refractivity contribution >= 4 is 18.2 Å². The lowest BCUT2D eigenvalue weighted by molar-refractivity contribution is -0.149. The highest BCUT2D eigenvalue weighted by atomic mass is 16.6. The van der Waals surface area contributed by atoms with Gasteiger partial charge in [0.25, 0.3) is 0 Å². The SMILES string of the molecule is C=CCOC(=O)N1CC(C(=O)O)C2(C1)CN(C(=O)OC(C)(C)C)C2. The van der Waals surface area contributed by atoms with E-state index in [4.69, 9.17) is 9.47 Å². The maximum Gasteiger partial charge on any atom is 0.410 e. The number of rotatable bonds is 3. The molecule has 1 unspecified atom stereocenters. The number of likely N-dealkylation sites (tertiary alicyclic amines) is 2. The largest absolute Gasteiger partial charge is 0.481 e. The zero-order valence-electron chi connectivity index (χ0n) is 14.3. The van der Waals surface area contributed by atoms with Crippen molar-refractivity contribution in [2.24, 2.45) is 11.3 Å². The summed E-state index contributed by atoms with van der Waals surface area (Å²) in [7, 11) is 0. The van der Waals surface area contributed by atoms with Gasteiger partial charge in [0.15, 0.2) is 0 Å². The van der Waals surface area contributed by atoms with Gasteiger partial charge in [-0.15, -0.1) is 0 Å². The Hall–Kier alpha value is -2.25. The Kier molecular flexibility index (Phi) is 4.77. The first-order chi connectivity index (χ1) is 11.1. The molecule has 0 aromatic carbocycles. The van der Waals surface area contributed by atoms with Crippen molar-refractivity contribution < 1.29 is 29.0 Å². The lowest BCUT2D eigenvalue weighted by Gasteiger charge is -2.49. The molecule has 2 rings (SSSR count). The maximum atomic E-state index is 12.1. The van der Waals surface area contributed by atoms with Crippen LogP contribution in [0.4, 0.5) is 9.59 Å². The highest BCUT2D eigenvalue weighted by molar-refractivity contribution is 5.77. The van der Waals surface area contributed by atoms with Crippen molar-refractivity contribution in [1.82, 2.24) is 9.80 Å². The molecular formula is C16H24N2O6. The molecule has 0 saturated carbocycles. The predicted octanol–water partition coefficient (Wildman–Crippen LogP) is 1.56. The first-order valence-electron chi connectivity index (χ1n) is 7.81. The van der Waals surface area contributed by atoms with Crippen LogP contribution < -0.4 is 0 Å². The lowest BCUT2D eigenvalue weighted by Crippen LogP contribution is -2.63. The van der Waals surface area contributed by atoms with Crippen molar-refractivity contribution in [2.45, 2.75) is 26.4 Å². The number of hydrogen-bond donors (Lipinski definition) is 1. The predicted molar refractivity (Wildman–Crippen MR) is 84.5 cm³/mol. The van der Waals surface area contributed by atoms with E-state index in [1.54, 1.807) is 20.8 Å². The van der Waals surface area contributed by atoms with Crippen LogP contribution >= 0.6 is 0 Å². The minimum atomic E-state index is -0.974. The van der Waals surface area contributed by atoms with Crippen LogP contribution in [0.2, 0.25) is 0 Å².